The third-order valence-electron chi connectivity index (χ3n) is 2.04. The van der Waals surface area contributed by atoms with E-state index in [0.29, 0.717) is 17.2 Å². The van der Waals surface area contributed by atoms with Gasteiger partial charge in [-0.2, -0.15) is 0 Å². The zero-order chi connectivity index (χ0) is 10.3. The Morgan fingerprint density at radius 1 is 1.64 bits per heavy atom. The van der Waals surface area contributed by atoms with Crippen LogP contribution in [-0.2, 0) is 0 Å². The normalized spacial score (nSPS) is 10.6. The van der Waals surface area contributed by atoms with Crippen LogP contribution in [0.4, 0.5) is 11.5 Å². The molecule has 0 amide bonds. The minimum Gasteiger partial charge on any atom is -0.383 e. The minimum atomic E-state index is -0.458. The molecular formula is C8H8N4O2. The second-order valence-electron chi connectivity index (χ2n) is 2.95. The number of anilines is 1. The van der Waals surface area contributed by atoms with Crippen LogP contribution < -0.4 is 5.73 Å². The summed E-state index contributed by atoms with van der Waals surface area (Å²) in [5.74, 6) is 0.509. The van der Waals surface area contributed by atoms with E-state index in [1.807, 2.05) is 0 Å². The van der Waals surface area contributed by atoms with E-state index in [1.165, 1.54) is 12.1 Å². The van der Waals surface area contributed by atoms with Crippen LogP contribution in [0.3, 0.4) is 0 Å². The van der Waals surface area contributed by atoms with Crippen molar-refractivity contribution in [1.29, 1.82) is 0 Å². The van der Waals surface area contributed by atoms with E-state index in [0.717, 1.165) is 0 Å². The maximum absolute atomic E-state index is 10.5. The van der Waals surface area contributed by atoms with E-state index >= 15 is 0 Å². The lowest BCUT2D eigenvalue weighted by Gasteiger charge is -1.95. The lowest BCUT2D eigenvalue weighted by Crippen LogP contribution is -1.94. The van der Waals surface area contributed by atoms with Gasteiger partial charge < -0.3 is 5.73 Å². The molecule has 2 N–H and O–H groups in total. The molecule has 0 aliphatic rings. The summed E-state index contributed by atoms with van der Waals surface area (Å²) >= 11 is 0. The number of hydrogen-bond acceptors (Lipinski definition) is 4. The fraction of sp³-hybridized carbons (Fsp3) is 0.125. The van der Waals surface area contributed by atoms with Crippen molar-refractivity contribution in [3.8, 4) is 0 Å². The molecule has 2 aromatic heterocycles. The Hall–Kier alpha value is -2.11. The molecule has 0 bridgehead atoms. The van der Waals surface area contributed by atoms with Gasteiger partial charge in [0, 0.05) is 12.3 Å². The molecule has 0 fully saturated rings. The zero-order valence-electron chi connectivity index (χ0n) is 7.47. The second kappa shape index (κ2) is 2.69. The highest BCUT2D eigenvalue weighted by atomic mass is 16.6. The van der Waals surface area contributed by atoms with Gasteiger partial charge in [-0.05, 0) is 6.92 Å². The van der Waals surface area contributed by atoms with Gasteiger partial charge in [-0.25, -0.2) is 4.98 Å². The number of rotatable bonds is 1. The molecule has 0 aliphatic carbocycles. The van der Waals surface area contributed by atoms with Gasteiger partial charge in [-0.3, -0.25) is 14.5 Å². The number of fused-ring (bicyclic) bond motifs is 1. The second-order valence-corrected chi connectivity index (χ2v) is 2.95. The number of nitrogen functional groups attached to an aromatic ring is 1. The first kappa shape index (κ1) is 8.49. The molecule has 6 nitrogen and oxygen atoms in total. The van der Waals surface area contributed by atoms with Gasteiger partial charge in [0.2, 0.25) is 0 Å². The van der Waals surface area contributed by atoms with E-state index < -0.39 is 4.92 Å². The predicted octanol–water partition coefficient (Wildman–Crippen LogP) is 1.13. The molecule has 2 aromatic rings. The lowest BCUT2D eigenvalue weighted by molar-refractivity contribution is -0.384. The summed E-state index contributed by atoms with van der Waals surface area (Å²) in [4.78, 5) is 14.1. The van der Waals surface area contributed by atoms with E-state index in [9.17, 15) is 10.1 Å². The minimum absolute atomic E-state index is 0.0162. The Labute approximate surface area is 79.1 Å². The van der Waals surface area contributed by atoms with Crippen molar-refractivity contribution in [2.45, 2.75) is 6.92 Å². The predicted molar refractivity (Wildman–Crippen MR) is 51.0 cm³/mol. The molecule has 2 heterocycles. The van der Waals surface area contributed by atoms with Gasteiger partial charge in [0.25, 0.3) is 5.69 Å². The average molecular weight is 192 g/mol. The van der Waals surface area contributed by atoms with Crippen LogP contribution in [0, 0.1) is 17.0 Å². The Morgan fingerprint density at radius 3 is 3.00 bits per heavy atom. The number of imidazole rings is 1. The van der Waals surface area contributed by atoms with Crippen LogP contribution in [0.1, 0.15) is 5.69 Å². The molecular weight excluding hydrogens is 184 g/mol. The number of nitro groups is 1. The van der Waals surface area contributed by atoms with Crippen molar-refractivity contribution in [3.63, 3.8) is 0 Å². The molecule has 0 aromatic carbocycles. The molecule has 0 atom stereocenters. The SMILES string of the molecule is Cc1nc2cc([N+](=O)[O-])ccn2c1N. The lowest BCUT2D eigenvalue weighted by atomic mass is 10.4. The highest BCUT2D eigenvalue weighted by Crippen LogP contribution is 2.18. The van der Waals surface area contributed by atoms with Crippen molar-refractivity contribution >= 4 is 17.2 Å². The number of pyridine rings is 1. The van der Waals surface area contributed by atoms with Crippen molar-refractivity contribution in [3.05, 3.63) is 34.1 Å². The number of aryl methyl sites for hydroxylation is 1. The fourth-order valence-corrected chi connectivity index (χ4v) is 1.28. The summed E-state index contributed by atoms with van der Waals surface area (Å²) in [5.41, 5.74) is 6.88. The Kier molecular flexibility index (Phi) is 1.63. The zero-order valence-corrected chi connectivity index (χ0v) is 7.47. The summed E-state index contributed by atoms with van der Waals surface area (Å²) < 4.78 is 1.61. The first-order valence-electron chi connectivity index (χ1n) is 3.98. The standard InChI is InChI=1S/C8H8N4O2/c1-5-8(9)11-3-2-6(12(13)14)4-7(11)10-5/h2-4H,9H2,1H3. The van der Waals surface area contributed by atoms with Crippen LogP contribution in [-0.4, -0.2) is 14.3 Å². The number of nitrogens with zero attached hydrogens (tertiary/aromatic N) is 3. The maximum Gasteiger partial charge on any atom is 0.274 e. The van der Waals surface area contributed by atoms with E-state index in [1.54, 1.807) is 17.5 Å². The number of aromatic nitrogens is 2. The van der Waals surface area contributed by atoms with Gasteiger partial charge in [0.05, 0.1) is 16.7 Å². The monoisotopic (exact) mass is 192 g/mol. The summed E-state index contributed by atoms with van der Waals surface area (Å²) in [6.45, 7) is 1.76. The summed E-state index contributed by atoms with van der Waals surface area (Å²) in [7, 11) is 0. The molecule has 0 unspecified atom stereocenters. The Bertz CT molecular complexity index is 517. The highest BCUT2D eigenvalue weighted by Gasteiger charge is 2.10. The fourth-order valence-electron chi connectivity index (χ4n) is 1.28. The largest absolute Gasteiger partial charge is 0.383 e. The van der Waals surface area contributed by atoms with Gasteiger partial charge in [0.1, 0.15) is 11.5 Å². The van der Waals surface area contributed by atoms with Crippen LogP contribution in [0.25, 0.3) is 5.65 Å². The molecule has 2 rings (SSSR count). The molecule has 14 heavy (non-hydrogen) atoms. The van der Waals surface area contributed by atoms with Gasteiger partial charge >= 0.3 is 0 Å². The maximum atomic E-state index is 10.5. The molecule has 0 aliphatic heterocycles. The van der Waals surface area contributed by atoms with Crippen molar-refractivity contribution < 1.29 is 4.92 Å². The third kappa shape index (κ3) is 1.08. The van der Waals surface area contributed by atoms with Gasteiger partial charge in [-0.1, -0.05) is 0 Å². The summed E-state index contributed by atoms with van der Waals surface area (Å²) in [6, 6.07) is 2.79. The number of nitrogens with two attached hydrogens (primary N) is 1. The van der Waals surface area contributed by atoms with E-state index in [2.05, 4.69) is 4.98 Å². The van der Waals surface area contributed by atoms with Crippen molar-refractivity contribution in [1.82, 2.24) is 9.38 Å². The molecule has 72 valence electrons. The highest BCUT2D eigenvalue weighted by molar-refractivity contribution is 5.56. The van der Waals surface area contributed by atoms with E-state index in [4.69, 9.17) is 5.73 Å². The molecule has 0 saturated heterocycles. The van der Waals surface area contributed by atoms with Crippen LogP contribution >= 0.6 is 0 Å². The topological polar surface area (TPSA) is 86.5 Å². The van der Waals surface area contributed by atoms with Gasteiger partial charge in [-0.15, -0.1) is 0 Å². The van der Waals surface area contributed by atoms with Gasteiger partial charge in [0.15, 0.2) is 0 Å². The smallest absolute Gasteiger partial charge is 0.274 e. The third-order valence-corrected chi connectivity index (χ3v) is 2.04. The number of hydrogen-bond donors (Lipinski definition) is 1. The quantitative estimate of drug-likeness (QED) is 0.542. The van der Waals surface area contributed by atoms with Crippen LogP contribution in [0.2, 0.25) is 0 Å². The van der Waals surface area contributed by atoms with Crippen molar-refractivity contribution in [2.24, 2.45) is 0 Å². The summed E-state index contributed by atoms with van der Waals surface area (Å²) in [6.07, 6.45) is 1.54. The first-order valence-corrected chi connectivity index (χ1v) is 3.98. The summed E-state index contributed by atoms with van der Waals surface area (Å²) in [5, 5.41) is 10.5. The molecule has 6 heteroatoms. The average Bonchev–Trinajstić information content (AvgIpc) is 2.42. The Balaban J connectivity index is 2.73. The molecule has 0 spiro atoms. The molecule has 0 saturated carbocycles. The van der Waals surface area contributed by atoms with Crippen LogP contribution in [0.15, 0.2) is 18.3 Å². The Morgan fingerprint density at radius 2 is 2.36 bits per heavy atom. The molecule has 0 radical (unpaired) electrons. The van der Waals surface area contributed by atoms with Crippen LogP contribution in [0.5, 0.6) is 0 Å². The van der Waals surface area contributed by atoms with Crippen molar-refractivity contribution in [2.75, 3.05) is 5.73 Å². The first-order chi connectivity index (χ1) is 6.59. The van der Waals surface area contributed by atoms with E-state index in [-0.39, 0.29) is 5.69 Å².